The Morgan fingerprint density at radius 1 is 1.19 bits per heavy atom. The third-order valence-corrected chi connectivity index (χ3v) is 4.46. The van der Waals surface area contributed by atoms with Gasteiger partial charge in [-0.2, -0.15) is 0 Å². The van der Waals surface area contributed by atoms with E-state index in [1.165, 1.54) is 21.7 Å². The molecular weight excluding hydrogens is 276 g/mol. The molecule has 3 heteroatoms. The Morgan fingerprint density at radius 2 is 1.95 bits per heavy atom. The number of rotatable bonds is 6. The van der Waals surface area contributed by atoms with E-state index in [0.717, 1.165) is 18.0 Å². The van der Waals surface area contributed by atoms with Gasteiger partial charge in [-0.1, -0.05) is 51.5 Å². The molecule has 0 amide bonds. The molecule has 114 valence electrons. The Hall–Kier alpha value is -1.19. The van der Waals surface area contributed by atoms with Crippen LogP contribution in [0.2, 0.25) is 0 Å². The van der Waals surface area contributed by atoms with Crippen LogP contribution in [0.25, 0.3) is 10.6 Å². The average Bonchev–Trinajstić information content (AvgIpc) is 2.78. The Kier molecular flexibility index (Phi) is 5.54. The van der Waals surface area contributed by atoms with E-state index < -0.39 is 0 Å². The van der Waals surface area contributed by atoms with Crippen LogP contribution in [0.3, 0.4) is 0 Å². The van der Waals surface area contributed by atoms with Crippen molar-refractivity contribution >= 4 is 11.3 Å². The highest BCUT2D eigenvalue weighted by molar-refractivity contribution is 7.15. The number of nitrogens with one attached hydrogen (secondary N) is 1. The van der Waals surface area contributed by atoms with Crippen molar-refractivity contribution in [3.8, 4) is 10.6 Å². The van der Waals surface area contributed by atoms with Gasteiger partial charge in [0.2, 0.25) is 0 Å². The van der Waals surface area contributed by atoms with E-state index in [9.17, 15) is 0 Å². The topological polar surface area (TPSA) is 24.9 Å². The van der Waals surface area contributed by atoms with Crippen LogP contribution >= 0.6 is 11.3 Å². The summed E-state index contributed by atoms with van der Waals surface area (Å²) in [6.45, 7) is 11.9. The van der Waals surface area contributed by atoms with Crippen LogP contribution in [0, 0.1) is 12.8 Å². The van der Waals surface area contributed by atoms with Gasteiger partial charge in [0.1, 0.15) is 5.01 Å². The molecule has 0 bridgehead atoms. The van der Waals surface area contributed by atoms with Gasteiger partial charge in [-0.3, -0.25) is 0 Å². The van der Waals surface area contributed by atoms with Crippen molar-refractivity contribution in [1.82, 2.24) is 10.3 Å². The summed E-state index contributed by atoms with van der Waals surface area (Å²) in [4.78, 5) is 6.30. The normalized spacial score (nSPS) is 11.6. The molecule has 1 N–H and O–H groups in total. The van der Waals surface area contributed by atoms with Crippen molar-refractivity contribution in [3.63, 3.8) is 0 Å². The molecule has 2 rings (SSSR count). The summed E-state index contributed by atoms with van der Waals surface area (Å²) < 4.78 is 0. The molecule has 0 fully saturated rings. The predicted octanol–water partition coefficient (Wildman–Crippen LogP) is 4.82. The number of hydrogen-bond acceptors (Lipinski definition) is 3. The van der Waals surface area contributed by atoms with Crippen LogP contribution in [-0.2, 0) is 13.0 Å². The molecule has 0 atom stereocenters. The number of thiazole rings is 1. The first kappa shape index (κ1) is 16.2. The summed E-state index contributed by atoms with van der Waals surface area (Å²) in [7, 11) is 0. The fourth-order valence-electron chi connectivity index (χ4n) is 2.27. The molecule has 0 saturated carbocycles. The molecule has 0 aliphatic carbocycles. The van der Waals surface area contributed by atoms with Crippen molar-refractivity contribution in [2.75, 3.05) is 0 Å². The minimum atomic E-state index is 0.501. The van der Waals surface area contributed by atoms with Gasteiger partial charge < -0.3 is 5.32 Å². The molecule has 1 heterocycles. The molecule has 0 aliphatic rings. The van der Waals surface area contributed by atoms with Gasteiger partial charge in [-0.05, 0) is 25.3 Å². The van der Waals surface area contributed by atoms with Crippen molar-refractivity contribution in [2.24, 2.45) is 5.92 Å². The lowest BCUT2D eigenvalue weighted by atomic mass is 10.1. The average molecular weight is 302 g/mol. The standard InChI is InChI=1S/C18H26N2S/c1-12(2)9-16-17(11-19-13(3)4)21-18(20-16)15-8-6-7-14(5)10-15/h6-8,10,12-13,19H,9,11H2,1-5H3. The zero-order chi connectivity index (χ0) is 15.4. The second kappa shape index (κ2) is 7.19. The second-order valence-corrected chi connectivity index (χ2v) is 7.48. The molecule has 1 aromatic carbocycles. The van der Waals surface area contributed by atoms with E-state index in [0.29, 0.717) is 12.0 Å². The Morgan fingerprint density at radius 3 is 2.57 bits per heavy atom. The fourth-order valence-corrected chi connectivity index (χ4v) is 3.30. The molecule has 2 nitrogen and oxygen atoms in total. The fraction of sp³-hybridized carbons (Fsp3) is 0.500. The lowest BCUT2D eigenvalue weighted by Gasteiger charge is -2.08. The predicted molar refractivity (Wildman–Crippen MR) is 92.8 cm³/mol. The zero-order valence-electron chi connectivity index (χ0n) is 13.7. The van der Waals surface area contributed by atoms with Crippen LogP contribution in [-0.4, -0.2) is 11.0 Å². The first-order valence-electron chi connectivity index (χ1n) is 7.74. The van der Waals surface area contributed by atoms with E-state index in [4.69, 9.17) is 4.98 Å². The molecule has 1 aromatic heterocycles. The highest BCUT2D eigenvalue weighted by atomic mass is 32.1. The third kappa shape index (κ3) is 4.65. The Balaban J connectivity index is 2.30. The highest BCUT2D eigenvalue weighted by Gasteiger charge is 2.14. The minimum Gasteiger partial charge on any atom is -0.310 e. The summed E-state index contributed by atoms with van der Waals surface area (Å²) in [5.41, 5.74) is 3.79. The SMILES string of the molecule is Cc1cccc(-c2nc(CC(C)C)c(CNC(C)C)s2)c1. The number of nitrogens with zero attached hydrogens (tertiary/aromatic N) is 1. The van der Waals surface area contributed by atoms with Crippen molar-refractivity contribution in [2.45, 2.75) is 53.6 Å². The summed E-state index contributed by atoms with van der Waals surface area (Å²) >= 11 is 1.83. The maximum Gasteiger partial charge on any atom is 0.123 e. The lowest BCUT2D eigenvalue weighted by molar-refractivity contribution is 0.581. The Labute approximate surface area is 132 Å². The molecule has 0 unspecified atom stereocenters. The van der Waals surface area contributed by atoms with Gasteiger partial charge in [0.15, 0.2) is 0 Å². The quantitative estimate of drug-likeness (QED) is 0.828. The summed E-state index contributed by atoms with van der Waals surface area (Å²) in [6.07, 6.45) is 1.05. The molecule has 21 heavy (non-hydrogen) atoms. The minimum absolute atomic E-state index is 0.501. The highest BCUT2D eigenvalue weighted by Crippen LogP contribution is 2.30. The molecule has 0 aliphatic heterocycles. The molecule has 2 aromatic rings. The second-order valence-electron chi connectivity index (χ2n) is 6.39. The van der Waals surface area contributed by atoms with E-state index in [2.05, 4.69) is 64.2 Å². The number of benzene rings is 1. The van der Waals surface area contributed by atoms with Crippen molar-refractivity contribution in [1.29, 1.82) is 0 Å². The van der Waals surface area contributed by atoms with E-state index in [1.807, 2.05) is 11.3 Å². The van der Waals surface area contributed by atoms with E-state index in [-0.39, 0.29) is 0 Å². The van der Waals surface area contributed by atoms with Crippen LogP contribution in [0.4, 0.5) is 0 Å². The lowest BCUT2D eigenvalue weighted by Crippen LogP contribution is -2.22. The summed E-state index contributed by atoms with van der Waals surface area (Å²) in [5.74, 6) is 0.634. The number of hydrogen-bond donors (Lipinski definition) is 1. The van der Waals surface area contributed by atoms with Crippen molar-refractivity contribution < 1.29 is 0 Å². The van der Waals surface area contributed by atoms with Gasteiger partial charge in [0.25, 0.3) is 0 Å². The smallest absolute Gasteiger partial charge is 0.123 e. The first-order chi connectivity index (χ1) is 9.95. The first-order valence-corrected chi connectivity index (χ1v) is 8.56. The summed E-state index contributed by atoms with van der Waals surface area (Å²) in [6, 6.07) is 9.12. The van der Waals surface area contributed by atoms with Crippen LogP contribution in [0.15, 0.2) is 24.3 Å². The van der Waals surface area contributed by atoms with Gasteiger partial charge in [0.05, 0.1) is 5.69 Å². The molecule has 0 saturated heterocycles. The van der Waals surface area contributed by atoms with Gasteiger partial charge in [0, 0.05) is 23.0 Å². The van der Waals surface area contributed by atoms with Crippen LogP contribution in [0.5, 0.6) is 0 Å². The van der Waals surface area contributed by atoms with Crippen LogP contribution in [0.1, 0.15) is 43.8 Å². The molecule has 0 spiro atoms. The van der Waals surface area contributed by atoms with Gasteiger partial charge in [-0.15, -0.1) is 11.3 Å². The monoisotopic (exact) mass is 302 g/mol. The van der Waals surface area contributed by atoms with Crippen molar-refractivity contribution in [3.05, 3.63) is 40.4 Å². The number of aromatic nitrogens is 1. The maximum absolute atomic E-state index is 4.92. The number of aryl methyl sites for hydroxylation is 1. The van der Waals surface area contributed by atoms with Gasteiger partial charge in [-0.25, -0.2) is 4.98 Å². The largest absolute Gasteiger partial charge is 0.310 e. The third-order valence-electron chi connectivity index (χ3n) is 3.32. The zero-order valence-corrected chi connectivity index (χ0v) is 14.6. The molecule has 0 radical (unpaired) electrons. The van der Waals surface area contributed by atoms with Gasteiger partial charge >= 0.3 is 0 Å². The van der Waals surface area contributed by atoms with Crippen LogP contribution < -0.4 is 5.32 Å². The maximum atomic E-state index is 4.92. The molecular formula is C18H26N2S. The Bertz CT molecular complexity index is 585. The van der Waals surface area contributed by atoms with E-state index in [1.54, 1.807) is 0 Å². The summed E-state index contributed by atoms with van der Waals surface area (Å²) in [5, 5.41) is 4.67. The van der Waals surface area contributed by atoms with E-state index >= 15 is 0 Å².